The number of benzene rings is 2. The number of aryl methyl sites for hydroxylation is 1. The summed E-state index contributed by atoms with van der Waals surface area (Å²) in [4.78, 5) is 28.6. The minimum absolute atomic E-state index is 0.000679. The summed E-state index contributed by atoms with van der Waals surface area (Å²) in [6, 6.07) is 15.6. The molecule has 7 nitrogen and oxygen atoms in total. The van der Waals surface area contributed by atoms with Crippen molar-refractivity contribution >= 4 is 39.1 Å². The van der Waals surface area contributed by atoms with E-state index >= 15 is 0 Å². The van der Waals surface area contributed by atoms with Crippen molar-refractivity contribution in [1.82, 2.24) is 9.38 Å². The Kier molecular flexibility index (Phi) is 3.82. The molecule has 0 spiro atoms. The van der Waals surface area contributed by atoms with Gasteiger partial charge in [-0.1, -0.05) is 29.5 Å². The van der Waals surface area contributed by atoms with Crippen LogP contribution in [0.4, 0.5) is 5.69 Å². The third-order valence-electron chi connectivity index (χ3n) is 4.74. The number of hydrogen-bond acceptors (Lipinski definition) is 6. The van der Waals surface area contributed by atoms with Gasteiger partial charge in [0.25, 0.3) is 11.2 Å². The van der Waals surface area contributed by atoms with Crippen molar-refractivity contribution in [2.75, 3.05) is 0 Å². The Morgan fingerprint density at radius 1 is 1.17 bits per heavy atom. The molecule has 5 aromatic rings. The molecule has 0 atom stereocenters. The summed E-state index contributed by atoms with van der Waals surface area (Å²) in [5.41, 5.74) is 2.92. The number of nitro benzene ring substituents is 1. The number of nitro groups is 1. The fraction of sp³-hybridized carbons (Fsp3) is 0.0476. The van der Waals surface area contributed by atoms with E-state index in [-0.39, 0.29) is 11.2 Å². The molecule has 2 aromatic carbocycles. The van der Waals surface area contributed by atoms with Crippen LogP contribution >= 0.6 is 11.3 Å². The second-order valence-corrected chi connectivity index (χ2v) is 7.60. The molecule has 0 saturated heterocycles. The molecule has 0 fully saturated rings. The highest BCUT2D eigenvalue weighted by atomic mass is 32.1. The molecule has 29 heavy (non-hydrogen) atoms. The van der Waals surface area contributed by atoms with E-state index in [9.17, 15) is 14.9 Å². The van der Waals surface area contributed by atoms with Gasteiger partial charge in [-0.2, -0.15) is 0 Å². The summed E-state index contributed by atoms with van der Waals surface area (Å²) in [6.45, 7) is 1.86. The molecule has 0 amide bonds. The quantitative estimate of drug-likeness (QED) is 0.336. The van der Waals surface area contributed by atoms with Crippen LogP contribution in [-0.2, 0) is 0 Å². The van der Waals surface area contributed by atoms with Crippen LogP contribution < -0.4 is 10.1 Å². The number of imidazole rings is 1. The zero-order valence-corrected chi connectivity index (χ0v) is 16.0. The third kappa shape index (κ3) is 2.81. The molecule has 0 aliphatic carbocycles. The van der Waals surface area contributed by atoms with E-state index in [2.05, 4.69) is 4.98 Å². The standard InChI is InChI=1S/C21H13N3O4S/c1-12-6-7-13(24(26)27)10-15(12)18-9-8-14(28-18)11-19-20(25)23-17-5-3-2-4-16(17)22-21(23)29-19/h2-11H,1H3/b19-11+. The van der Waals surface area contributed by atoms with Crippen LogP contribution in [0.2, 0.25) is 0 Å². The summed E-state index contributed by atoms with van der Waals surface area (Å²) < 4.78 is 7.97. The van der Waals surface area contributed by atoms with Crippen molar-refractivity contribution in [3.63, 3.8) is 0 Å². The second-order valence-electron chi connectivity index (χ2n) is 6.59. The highest BCUT2D eigenvalue weighted by Gasteiger charge is 2.14. The average molecular weight is 403 g/mol. The van der Waals surface area contributed by atoms with Crippen LogP contribution in [0.3, 0.4) is 0 Å². The number of fused-ring (bicyclic) bond motifs is 3. The fourth-order valence-electron chi connectivity index (χ4n) is 3.31. The van der Waals surface area contributed by atoms with E-state index in [1.165, 1.54) is 23.5 Å². The first-order valence-electron chi connectivity index (χ1n) is 8.78. The van der Waals surface area contributed by atoms with Gasteiger partial charge < -0.3 is 4.42 Å². The molecule has 3 heterocycles. The highest BCUT2D eigenvalue weighted by Crippen LogP contribution is 2.29. The maximum absolute atomic E-state index is 12.8. The SMILES string of the molecule is Cc1ccc([N+](=O)[O-])cc1-c1ccc(/C=c2/sc3nc4ccccc4n3c2=O)o1. The monoisotopic (exact) mass is 403 g/mol. The number of thiazole rings is 1. The lowest BCUT2D eigenvalue weighted by Crippen LogP contribution is -2.22. The minimum Gasteiger partial charge on any atom is -0.457 e. The highest BCUT2D eigenvalue weighted by molar-refractivity contribution is 7.15. The maximum atomic E-state index is 12.8. The summed E-state index contributed by atoms with van der Waals surface area (Å²) in [7, 11) is 0. The zero-order valence-electron chi connectivity index (χ0n) is 15.2. The molecule has 0 aliphatic rings. The van der Waals surface area contributed by atoms with Crippen LogP contribution in [0.15, 0.2) is 63.8 Å². The molecular formula is C21H13N3O4S. The Balaban J connectivity index is 1.61. The first-order chi connectivity index (χ1) is 14.0. The van der Waals surface area contributed by atoms with Gasteiger partial charge in [-0.25, -0.2) is 9.38 Å². The zero-order chi connectivity index (χ0) is 20.1. The van der Waals surface area contributed by atoms with Gasteiger partial charge in [0, 0.05) is 23.8 Å². The van der Waals surface area contributed by atoms with Gasteiger partial charge >= 0.3 is 0 Å². The minimum atomic E-state index is -0.436. The molecule has 8 heteroatoms. The van der Waals surface area contributed by atoms with Crippen LogP contribution in [0.25, 0.3) is 33.4 Å². The van der Waals surface area contributed by atoms with Gasteiger partial charge in [0.05, 0.1) is 16.0 Å². The van der Waals surface area contributed by atoms with Crippen molar-refractivity contribution in [2.45, 2.75) is 6.92 Å². The molecule has 0 aliphatic heterocycles. The summed E-state index contributed by atoms with van der Waals surface area (Å²) in [5, 5.41) is 11.1. The van der Waals surface area contributed by atoms with E-state index < -0.39 is 4.92 Å². The Hall–Kier alpha value is -3.78. The number of para-hydroxylation sites is 2. The topological polar surface area (TPSA) is 90.6 Å². The van der Waals surface area contributed by atoms with E-state index in [0.717, 1.165) is 16.6 Å². The summed E-state index contributed by atoms with van der Waals surface area (Å²) >= 11 is 1.29. The van der Waals surface area contributed by atoms with E-state index in [4.69, 9.17) is 4.42 Å². The Labute approximate surface area is 167 Å². The molecule has 5 rings (SSSR count). The Morgan fingerprint density at radius 2 is 2.00 bits per heavy atom. The maximum Gasteiger partial charge on any atom is 0.275 e. The van der Waals surface area contributed by atoms with E-state index in [1.54, 1.807) is 28.7 Å². The van der Waals surface area contributed by atoms with Crippen LogP contribution in [-0.4, -0.2) is 14.3 Å². The lowest BCUT2D eigenvalue weighted by atomic mass is 10.1. The fourth-order valence-corrected chi connectivity index (χ4v) is 4.27. The Morgan fingerprint density at radius 3 is 2.83 bits per heavy atom. The number of rotatable bonds is 3. The van der Waals surface area contributed by atoms with Crippen molar-refractivity contribution in [1.29, 1.82) is 0 Å². The van der Waals surface area contributed by atoms with Crippen LogP contribution in [0.5, 0.6) is 0 Å². The van der Waals surface area contributed by atoms with Gasteiger partial charge in [-0.15, -0.1) is 0 Å². The van der Waals surface area contributed by atoms with Crippen LogP contribution in [0.1, 0.15) is 11.3 Å². The lowest BCUT2D eigenvalue weighted by Gasteiger charge is -2.02. The Bertz CT molecular complexity index is 1530. The average Bonchev–Trinajstić information content (AvgIpc) is 3.38. The predicted octanol–water partition coefficient (Wildman–Crippen LogP) is 3.93. The molecule has 0 unspecified atom stereocenters. The number of furan rings is 1. The molecular weight excluding hydrogens is 390 g/mol. The predicted molar refractivity (Wildman–Crippen MR) is 111 cm³/mol. The molecule has 142 valence electrons. The van der Waals surface area contributed by atoms with Crippen molar-refractivity contribution in [2.24, 2.45) is 0 Å². The normalized spacial score (nSPS) is 12.2. The van der Waals surface area contributed by atoms with Gasteiger partial charge in [0.1, 0.15) is 16.1 Å². The second kappa shape index (κ2) is 6.39. The molecule has 0 radical (unpaired) electrons. The number of nitrogens with zero attached hydrogens (tertiary/aromatic N) is 3. The van der Waals surface area contributed by atoms with Crippen molar-refractivity contribution < 1.29 is 9.34 Å². The van der Waals surface area contributed by atoms with E-state index in [1.807, 2.05) is 31.2 Å². The number of aromatic nitrogens is 2. The van der Waals surface area contributed by atoms with Crippen molar-refractivity contribution in [3.05, 3.63) is 90.9 Å². The number of non-ortho nitro benzene ring substituents is 1. The van der Waals surface area contributed by atoms with E-state index in [0.29, 0.717) is 26.6 Å². The third-order valence-corrected chi connectivity index (χ3v) is 5.71. The first kappa shape index (κ1) is 17.3. The molecule has 0 saturated carbocycles. The largest absolute Gasteiger partial charge is 0.457 e. The van der Waals surface area contributed by atoms with Gasteiger partial charge in [0.2, 0.25) is 0 Å². The molecule has 0 N–H and O–H groups in total. The lowest BCUT2D eigenvalue weighted by molar-refractivity contribution is -0.384. The first-order valence-corrected chi connectivity index (χ1v) is 9.60. The van der Waals surface area contributed by atoms with Crippen LogP contribution in [0, 0.1) is 17.0 Å². The van der Waals surface area contributed by atoms with Crippen molar-refractivity contribution in [3.8, 4) is 11.3 Å². The van der Waals surface area contributed by atoms with Gasteiger partial charge in [-0.05, 0) is 36.8 Å². The van der Waals surface area contributed by atoms with Gasteiger partial charge in [-0.3, -0.25) is 14.9 Å². The van der Waals surface area contributed by atoms with Gasteiger partial charge in [0.15, 0.2) is 4.96 Å². The molecule has 0 bridgehead atoms. The summed E-state index contributed by atoms with van der Waals surface area (Å²) in [6.07, 6.45) is 1.67. The summed E-state index contributed by atoms with van der Waals surface area (Å²) in [5.74, 6) is 1.01. The number of hydrogen-bond donors (Lipinski definition) is 0. The smallest absolute Gasteiger partial charge is 0.275 e. The molecule has 3 aromatic heterocycles.